The third-order valence-electron chi connectivity index (χ3n) is 2.05. The van der Waals surface area contributed by atoms with Crippen LogP contribution in [0.2, 0.25) is 0 Å². The molecular formula is C13H17NO2. The lowest BCUT2D eigenvalue weighted by molar-refractivity contribution is 0.293. The summed E-state index contributed by atoms with van der Waals surface area (Å²) in [6.45, 7) is 2.20. The van der Waals surface area contributed by atoms with Gasteiger partial charge in [-0.2, -0.15) is 0 Å². The van der Waals surface area contributed by atoms with Gasteiger partial charge in [0.15, 0.2) is 11.5 Å². The van der Waals surface area contributed by atoms with E-state index in [0.29, 0.717) is 6.61 Å². The number of hydrogen-bond acceptors (Lipinski definition) is 3. The zero-order valence-electron chi connectivity index (χ0n) is 9.53. The lowest BCUT2D eigenvalue weighted by Gasteiger charge is -2.10. The van der Waals surface area contributed by atoms with Gasteiger partial charge in [0.2, 0.25) is 0 Å². The minimum Gasteiger partial charge on any atom is -0.493 e. The first-order valence-electron chi connectivity index (χ1n) is 5.28. The quantitative estimate of drug-likeness (QED) is 0.559. The van der Waals surface area contributed by atoms with Crippen molar-refractivity contribution in [1.82, 2.24) is 5.32 Å². The summed E-state index contributed by atoms with van der Waals surface area (Å²) in [5, 5.41) is 3.19. The molecule has 16 heavy (non-hydrogen) atoms. The van der Waals surface area contributed by atoms with E-state index in [-0.39, 0.29) is 0 Å². The monoisotopic (exact) mass is 219 g/mol. The highest BCUT2D eigenvalue weighted by Gasteiger charge is 2.00. The third-order valence-corrected chi connectivity index (χ3v) is 2.05. The maximum absolute atomic E-state index is 5.57. The first-order valence-corrected chi connectivity index (χ1v) is 5.28. The van der Waals surface area contributed by atoms with E-state index in [1.165, 1.54) is 0 Å². The molecule has 3 heteroatoms. The number of terminal acetylenes is 1. The standard InChI is InChI=1S/C13H17NO2/c1-3-4-9-14-10-11-16-13-8-6-5-7-12(13)15-2/h1,5-8,14H,4,9-11H2,2H3. The van der Waals surface area contributed by atoms with Crippen LogP contribution < -0.4 is 14.8 Å². The van der Waals surface area contributed by atoms with Gasteiger partial charge >= 0.3 is 0 Å². The maximum atomic E-state index is 5.57. The lowest BCUT2D eigenvalue weighted by Crippen LogP contribution is -2.21. The molecule has 0 bridgehead atoms. The molecule has 1 rings (SSSR count). The van der Waals surface area contributed by atoms with Gasteiger partial charge in [0.1, 0.15) is 6.61 Å². The number of rotatable bonds is 7. The van der Waals surface area contributed by atoms with Crippen LogP contribution >= 0.6 is 0 Å². The Labute approximate surface area is 96.8 Å². The summed E-state index contributed by atoms with van der Waals surface area (Å²) in [7, 11) is 1.63. The molecule has 0 aromatic heterocycles. The number of benzene rings is 1. The van der Waals surface area contributed by atoms with Crippen LogP contribution in [0.3, 0.4) is 0 Å². The summed E-state index contributed by atoms with van der Waals surface area (Å²) in [6.07, 6.45) is 5.88. The van der Waals surface area contributed by atoms with Gasteiger partial charge in [0.05, 0.1) is 7.11 Å². The van der Waals surface area contributed by atoms with Gasteiger partial charge in [0, 0.05) is 19.5 Å². The van der Waals surface area contributed by atoms with E-state index in [0.717, 1.165) is 31.0 Å². The first-order chi connectivity index (χ1) is 7.88. The smallest absolute Gasteiger partial charge is 0.161 e. The molecule has 1 aromatic carbocycles. The Morgan fingerprint density at radius 2 is 2.00 bits per heavy atom. The first kappa shape index (κ1) is 12.4. The average Bonchev–Trinajstić information content (AvgIpc) is 2.34. The fourth-order valence-electron chi connectivity index (χ4n) is 1.26. The predicted molar refractivity (Wildman–Crippen MR) is 64.8 cm³/mol. The summed E-state index contributed by atoms with van der Waals surface area (Å²) in [4.78, 5) is 0. The second kappa shape index (κ2) is 7.61. The van der Waals surface area contributed by atoms with Crippen LogP contribution in [-0.2, 0) is 0 Å². The fraction of sp³-hybridized carbons (Fsp3) is 0.385. The topological polar surface area (TPSA) is 30.5 Å². The van der Waals surface area contributed by atoms with Gasteiger partial charge in [-0.15, -0.1) is 12.3 Å². The number of para-hydroxylation sites is 2. The van der Waals surface area contributed by atoms with Gasteiger partial charge in [-0.3, -0.25) is 0 Å². The molecule has 0 aliphatic carbocycles. The largest absolute Gasteiger partial charge is 0.493 e. The van der Waals surface area contributed by atoms with E-state index >= 15 is 0 Å². The molecule has 0 atom stereocenters. The van der Waals surface area contributed by atoms with Crippen LogP contribution in [-0.4, -0.2) is 26.8 Å². The lowest BCUT2D eigenvalue weighted by atomic mass is 10.3. The van der Waals surface area contributed by atoms with Crippen LogP contribution in [0.1, 0.15) is 6.42 Å². The highest BCUT2D eigenvalue weighted by molar-refractivity contribution is 5.39. The van der Waals surface area contributed by atoms with Gasteiger partial charge in [-0.25, -0.2) is 0 Å². The van der Waals surface area contributed by atoms with Crippen LogP contribution in [0, 0.1) is 12.3 Å². The van der Waals surface area contributed by atoms with Gasteiger partial charge in [-0.1, -0.05) is 12.1 Å². The summed E-state index contributed by atoms with van der Waals surface area (Å²) in [6, 6.07) is 7.60. The van der Waals surface area contributed by atoms with Crippen molar-refractivity contribution in [3.63, 3.8) is 0 Å². The average molecular weight is 219 g/mol. The Balaban J connectivity index is 2.24. The highest BCUT2D eigenvalue weighted by Crippen LogP contribution is 2.25. The summed E-state index contributed by atoms with van der Waals surface area (Å²) in [5.41, 5.74) is 0. The van der Waals surface area contributed by atoms with E-state index in [2.05, 4.69) is 11.2 Å². The minimum absolute atomic E-state index is 0.602. The molecular weight excluding hydrogens is 202 g/mol. The zero-order valence-corrected chi connectivity index (χ0v) is 9.53. The van der Waals surface area contributed by atoms with Crippen molar-refractivity contribution in [3.05, 3.63) is 24.3 Å². The van der Waals surface area contributed by atoms with Crippen LogP contribution in [0.4, 0.5) is 0 Å². The molecule has 1 N–H and O–H groups in total. The Kier molecular flexibility index (Phi) is 5.90. The van der Waals surface area contributed by atoms with Crippen molar-refractivity contribution in [2.24, 2.45) is 0 Å². The molecule has 0 heterocycles. The highest BCUT2D eigenvalue weighted by atomic mass is 16.5. The Morgan fingerprint density at radius 3 is 2.69 bits per heavy atom. The Morgan fingerprint density at radius 1 is 1.25 bits per heavy atom. The minimum atomic E-state index is 0.602. The van der Waals surface area contributed by atoms with Crippen molar-refractivity contribution in [2.75, 3.05) is 26.8 Å². The van der Waals surface area contributed by atoms with Crippen molar-refractivity contribution < 1.29 is 9.47 Å². The summed E-state index contributed by atoms with van der Waals surface area (Å²) < 4.78 is 10.7. The summed E-state index contributed by atoms with van der Waals surface area (Å²) in [5.74, 6) is 4.09. The maximum Gasteiger partial charge on any atom is 0.161 e. The van der Waals surface area contributed by atoms with Crippen molar-refractivity contribution in [2.45, 2.75) is 6.42 Å². The zero-order chi connectivity index (χ0) is 11.6. The van der Waals surface area contributed by atoms with E-state index in [1.807, 2.05) is 24.3 Å². The van der Waals surface area contributed by atoms with Gasteiger partial charge < -0.3 is 14.8 Å². The Bertz CT molecular complexity index is 344. The molecule has 86 valence electrons. The van der Waals surface area contributed by atoms with E-state index in [1.54, 1.807) is 7.11 Å². The van der Waals surface area contributed by atoms with Crippen LogP contribution in [0.5, 0.6) is 11.5 Å². The molecule has 0 saturated heterocycles. The third kappa shape index (κ3) is 4.24. The second-order valence-corrected chi connectivity index (χ2v) is 3.20. The molecule has 0 fully saturated rings. The predicted octanol–water partition coefficient (Wildman–Crippen LogP) is 1.69. The Hall–Kier alpha value is -1.66. The second-order valence-electron chi connectivity index (χ2n) is 3.20. The van der Waals surface area contributed by atoms with Gasteiger partial charge in [-0.05, 0) is 12.1 Å². The number of hydrogen-bond donors (Lipinski definition) is 1. The molecule has 0 spiro atoms. The fourth-order valence-corrected chi connectivity index (χ4v) is 1.26. The van der Waals surface area contributed by atoms with Crippen LogP contribution in [0.25, 0.3) is 0 Å². The molecule has 0 radical (unpaired) electrons. The molecule has 3 nitrogen and oxygen atoms in total. The summed E-state index contributed by atoms with van der Waals surface area (Å²) >= 11 is 0. The van der Waals surface area contributed by atoms with E-state index in [9.17, 15) is 0 Å². The van der Waals surface area contributed by atoms with E-state index in [4.69, 9.17) is 15.9 Å². The van der Waals surface area contributed by atoms with Crippen LogP contribution in [0.15, 0.2) is 24.3 Å². The normalized spacial score (nSPS) is 9.50. The van der Waals surface area contributed by atoms with E-state index < -0.39 is 0 Å². The number of methoxy groups -OCH3 is 1. The molecule has 1 aromatic rings. The molecule has 0 amide bonds. The molecule has 0 unspecified atom stereocenters. The molecule has 0 aliphatic heterocycles. The molecule has 0 aliphatic rings. The van der Waals surface area contributed by atoms with Crippen molar-refractivity contribution >= 4 is 0 Å². The number of ether oxygens (including phenoxy) is 2. The van der Waals surface area contributed by atoms with Crippen molar-refractivity contribution in [3.8, 4) is 23.8 Å². The molecule has 0 saturated carbocycles. The van der Waals surface area contributed by atoms with Gasteiger partial charge in [0.25, 0.3) is 0 Å². The SMILES string of the molecule is C#CCCNCCOc1ccccc1OC. The number of nitrogens with one attached hydrogen (secondary N) is 1. The van der Waals surface area contributed by atoms with Crippen molar-refractivity contribution in [1.29, 1.82) is 0 Å².